The van der Waals surface area contributed by atoms with Crippen LogP contribution in [0.1, 0.15) is 79.6 Å². The van der Waals surface area contributed by atoms with Crippen LogP contribution >= 0.6 is 0 Å². The highest BCUT2D eigenvalue weighted by atomic mass is 16.4. The molecule has 7 N–H and O–H groups in total. The molecule has 4 aliphatic rings. The SMILES string of the molecule is CC(C)C(C)CC[C@@H](C)[C@H]1CC[C@H]2C3=C[C@H](O)[C@]4(O)C[C@H](O)[C@@H](O)C[C@]4(CO)[C@@]3(O)[C@H](O)C[C@]12C. The van der Waals surface area contributed by atoms with Gasteiger partial charge in [-0.05, 0) is 66.3 Å². The molecule has 1 unspecified atom stereocenters. The van der Waals surface area contributed by atoms with E-state index in [1.54, 1.807) is 0 Å². The molecule has 12 atom stereocenters. The van der Waals surface area contributed by atoms with Crippen LogP contribution in [0.4, 0.5) is 0 Å². The van der Waals surface area contributed by atoms with E-state index in [0.29, 0.717) is 35.7 Å². The van der Waals surface area contributed by atoms with E-state index >= 15 is 0 Å². The summed E-state index contributed by atoms with van der Waals surface area (Å²) in [6, 6.07) is 0. The second-order valence-electron chi connectivity index (χ2n) is 13.3. The highest BCUT2D eigenvalue weighted by Gasteiger charge is 2.76. The fourth-order valence-electron chi connectivity index (χ4n) is 8.76. The molecule has 202 valence electrons. The molecule has 35 heavy (non-hydrogen) atoms. The molecule has 0 aromatic heterocycles. The summed E-state index contributed by atoms with van der Waals surface area (Å²) in [6.07, 6.45) is -0.258. The first-order valence-corrected chi connectivity index (χ1v) is 13.7. The molecule has 0 radical (unpaired) electrons. The van der Waals surface area contributed by atoms with Crippen LogP contribution < -0.4 is 0 Å². The standard InChI is InChI=1S/C28H48O7/c1-15(2)16(3)6-7-17(4)18-8-9-19-20-10-23(32)27(34)12-22(31)21(30)11-26(27,14-29)28(20,35)24(33)13-25(18,19)5/h10,15-19,21-24,29-35H,6-9,11-14H2,1-5H3/t16?,17-,18-,19+,21+,22+,23+,24-,25-,26-,27-,28+/m1/s1. The lowest BCUT2D eigenvalue weighted by Gasteiger charge is -2.67. The Kier molecular flexibility index (Phi) is 7.10. The van der Waals surface area contributed by atoms with Crippen LogP contribution in [0.15, 0.2) is 11.6 Å². The smallest absolute Gasteiger partial charge is 0.123 e. The van der Waals surface area contributed by atoms with E-state index in [1.165, 1.54) is 6.08 Å². The molecule has 0 aromatic carbocycles. The second kappa shape index (κ2) is 9.04. The summed E-state index contributed by atoms with van der Waals surface area (Å²) < 4.78 is 0. The van der Waals surface area contributed by atoms with Gasteiger partial charge in [0.1, 0.15) is 17.3 Å². The third-order valence-electron chi connectivity index (χ3n) is 11.4. The second-order valence-corrected chi connectivity index (χ2v) is 13.3. The monoisotopic (exact) mass is 496 g/mol. The van der Waals surface area contributed by atoms with Crippen molar-refractivity contribution in [2.75, 3.05) is 6.61 Å². The van der Waals surface area contributed by atoms with E-state index in [1.807, 2.05) is 0 Å². The van der Waals surface area contributed by atoms with Crippen molar-refractivity contribution in [1.82, 2.24) is 0 Å². The molecule has 0 aliphatic heterocycles. The fraction of sp³-hybridized carbons (Fsp3) is 0.929. The molecule has 4 rings (SSSR count). The number of hydrogen-bond donors (Lipinski definition) is 7. The molecule has 0 amide bonds. The fourth-order valence-corrected chi connectivity index (χ4v) is 8.76. The minimum absolute atomic E-state index is 0.113. The first kappa shape index (κ1) is 27.5. The predicted octanol–water partition coefficient (Wildman–Crippen LogP) is 1.75. The van der Waals surface area contributed by atoms with Gasteiger partial charge in [0.15, 0.2) is 0 Å². The van der Waals surface area contributed by atoms with Gasteiger partial charge >= 0.3 is 0 Å². The van der Waals surface area contributed by atoms with Crippen LogP contribution in [-0.4, -0.2) is 78.0 Å². The molecule has 0 heterocycles. The van der Waals surface area contributed by atoms with Crippen LogP contribution in [0.5, 0.6) is 0 Å². The Bertz CT molecular complexity index is 830. The minimum atomic E-state index is -2.08. The van der Waals surface area contributed by atoms with E-state index in [-0.39, 0.29) is 17.8 Å². The van der Waals surface area contributed by atoms with Gasteiger partial charge in [-0.2, -0.15) is 0 Å². The normalized spacial score (nSPS) is 51.3. The van der Waals surface area contributed by atoms with Gasteiger partial charge in [-0.1, -0.05) is 53.5 Å². The summed E-state index contributed by atoms with van der Waals surface area (Å²) >= 11 is 0. The molecular formula is C28H48O7. The van der Waals surface area contributed by atoms with E-state index in [0.717, 1.165) is 25.7 Å². The largest absolute Gasteiger partial charge is 0.396 e. The first-order valence-electron chi connectivity index (χ1n) is 13.7. The molecule has 0 aromatic rings. The van der Waals surface area contributed by atoms with E-state index in [4.69, 9.17) is 0 Å². The van der Waals surface area contributed by atoms with Crippen LogP contribution in [0.2, 0.25) is 0 Å². The number of aliphatic hydroxyl groups is 7. The van der Waals surface area contributed by atoms with Crippen molar-refractivity contribution in [1.29, 1.82) is 0 Å². The molecular weight excluding hydrogens is 448 g/mol. The average molecular weight is 497 g/mol. The number of rotatable bonds is 6. The molecule has 0 saturated heterocycles. The highest BCUT2D eigenvalue weighted by Crippen LogP contribution is 2.69. The van der Waals surface area contributed by atoms with Gasteiger partial charge in [-0.15, -0.1) is 0 Å². The molecule has 3 saturated carbocycles. The maximum Gasteiger partial charge on any atom is 0.123 e. The van der Waals surface area contributed by atoms with Crippen molar-refractivity contribution in [3.63, 3.8) is 0 Å². The van der Waals surface area contributed by atoms with E-state index < -0.39 is 54.1 Å². The first-order chi connectivity index (χ1) is 16.2. The average Bonchev–Trinajstić information content (AvgIpc) is 3.12. The molecule has 7 heteroatoms. The van der Waals surface area contributed by atoms with Gasteiger partial charge in [0.2, 0.25) is 0 Å². The number of fused-ring (bicyclic) bond motifs is 5. The molecule has 7 nitrogen and oxygen atoms in total. The maximum absolute atomic E-state index is 12.3. The van der Waals surface area contributed by atoms with Gasteiger partial charge in [-0.3, -0.25) is 0 Å². The van der Waals surface area contributed by atoms with Crippen molar-refractivity contribution in [2.45, 2.75) is 115 Å². The zero-order valence-electron chi connectivity index (χ0n) is 22.1. The van der Waals surface area contributed by atoms with Gasteiger partial charge in [0.05, 0.1) is 30.3 Å². The minimum Gasteiger partial charge on any atom is -0.396 e. The lowest BCUT2D eigenvalue weighted by Crippen LogP contribution is -2.79. The van der Waals surface area contributed by atoms with E-state index in [9.17, 15) is 35.7 Å². The molecule has 0 bridgehead atoms. The molecule has 3 fully saturated rings. The van der Waals surface area contributed by atoms with Gasteiger partial charge < -0.3 is 35.7 Å². The summed E-state index contributed by atoms with van der Waals surface area (Å²) in [5, 5.41) is 78.1. The Morgan fingerprint density at radius 3 is 2.14 bits per heavy atom. The van der Waals surface area contributed by atoms with Crippen molar-refractivity contribution in [3.8, 4) is 0 Å². The van der Waals surface area contributed by atoms with Gasteiger partial charge in [-0.25, -0.2) is 0 Å². The summed E-state index contributed by atoms with van der Waals surface area (Å²) in [5.41, 5.74) is -5.69. The Hall–Kier alpha value is -0.540. The quantitative estimate of drug-likeness (QED) is 0.278. The van der Waals surface area contributed by atoms with Crippen molar-refractivity contribution >= 4 is 0 Å². The zero-order chi connectivity index (χ0) is 26.1. The molecule has 0 spiro atoms. The summed E-state index contributed by atoms with van der Waals surface area (Å²) in [6.45, 7) is 10.5. The highest BCUT2D eigenvalue weighted by molar-refractivity contribution is 5.43. The summed E-state index contributed by atoms with van der Waals surface area (Å²) in [7, 11) is 0. The lowest BCUT2D eigenvalue weighted by molar-refractivity contribution is -0.311. The molecule has 4 aliphatic carbocycles. The Labute approximate surface area is 209 Å². The number of hydrogen-bond acceptors (Lipinski definition) is 7. The Balaban J connectivity index is 1.72. The Morgan fingerprint density at radius 1 is 0.914 bits per heavy atom. The van der Waals surface area contributed by atoms with Crippen LogP contribution in [-0.2, 0) is 0 Å². The van der Waals surface area contributed by atoms with Crippen molar-refractivity contribution in [2.24, 2.45) is 40.4 Å². The summed E-state index contributed by atoms with van der Waals surface area (Å²) in [4.78, 5) is 0. The Morgan fingerprint density at radius 2 is 1.54 bits per heavy atom. The zero-order valence-corrected chi connectivity index (χ0v) is 22.1. The van der Waals surface area contributed by atoms with Gasteiger partial charge in [0.25, 0.3) is 0 Å². The number of aliphatic hydroxyl groups excluding tert-OH is 5. The lowest BCUT2D eigenvalue weighted by atomic mass is 9.42. The van der Waals surface area contributed by atoms with E-state index in [2.05, 4.69) is 34.6 Å². The topological polar surface area (TPSA) is 142 Å². The summed E-state index contributed by atoms with van der Waals surface area (Å²) in [5.74, 6) is 1.93. The van der Waals surface area contributed by atoms with Crippen LogP contribution in [0, 0.1) is 40.4 Å². The van der Waals surface area contributed by atoms with Gasteiger partial charge in [0, 0.05) is 6.42 Å². The predicted molar refractivity (Wildman–Crippen MR) is 132 cm³/mol. The third kappa shape index (κ3) is 3.63. The van der Waals surface area contributed by atoms with Crippen LogP contribution in [0.3, 0.4) is 0 Å². The van der Waals surface area contributed by atoms with Crippen LogP contribution in [0.25, 0.3) is 0 Å². The maximum atomic E-state index is 12.3. The van der Waals surface area contributed by atoms with Crippen molar-refractivity contribution < 1.29 is 35.7 Å². The third-order valence-corrected chi connectivity index (χ3v) is 11.4. The van der Waals surface area contributed by atoms with Crippen molar-refractivity contribution in [3.05, 3.63) is 11.6 Å².